The van der Waals surface area contributed by atoms with Gasteiger partial charge in [0.15, 0.2) is 5.69 Å². The van der Waals surface area contributed by atoms with Crippen molar-refractivity contribution >= 4 is 29.3 Å². The Bertz CT molecular complexity index is 1940. The Labute approximate surface area is 320 Å². The van der Waals surface area contributed by atoms with E-state index in [-0.39, 0.29) is 56.1 Å². The van der Waals surface area contributed by atoms with E-state index in [1.807, 2.05) is 0 Å². The molecule has 0 spiro atoms. The highest BCUT2D eigenvalue weighted by Crippen LogP contribution is 2.46. The number of oxazole rings is 1. The Balaban J connectivity index is 0.792. The molecule has 2 aliphatic heterocycles. The summed E-state index contributed by atoms with van der Waals surface area (Å²) in [6.45, 7) is 3.01. The predicted octanol–water partition coefficient (Wildman–Crippen LogP) is 2.15. The van der Waals surface area contributed by atoms with Gasteiger partial charge in [0.2, 0.25) is 17.7 Å². The number of carbonyl (C=O) groups is 3. The molecule has 3 atom stereocenters. The fraction of sp³-hybridized carbons (Fsp3) is 0.444. The number of nitrogens with zero attached hydrogens (tertiary/aromatic N) is 5. The van der Waals surface area contributed by atoms with Gasteiger partial charge in [-0.1, -0.05) is 28.9 Å². The summed E-state index contributed by atoms with van der Waals surface area (Å²) in [5.41, 5.74) is 2.26. The number of carbonyl (C=O) groups excluding carboxylic acids is 3. The van der Waals surface area contributed by atoms with Gasteiger partial charge in [0.05, 0.1) is 64.0 Å². The van der Waals surface area contributed by atoms with Crippen LogP contribution >= 0.6 is 11.6 Å². The second kappa shape index (κ2) is 19.1. The SMILES string of the molecule is COc1ccc(-c2nc(C(=O)NCCCn3cc(COCCOCCOCCOc4cccc5c4C(O)N(C4CCC(=O)NC4=O)C5O)nn3)co2)cc1Cl. The minimum atomic E-state index is -1.28. The summed E-state index contributed by atoms with van der Waals surface area (Å²) in [5.74, 6) is -0.121. The number of imide groups is 1. The van der Waals surface area contributed by atoms with Gasteiger partial charge in [0.25, 0.3) is 5.91 Å². The van der Waals surface area contributed by atoms with Gasteiger partial charge in [-0.15, -0.1) is 5.10 Å². The average Bonchev–Trinajstić information content (AvgIpc) is 3.92. The van der Waals surface area contributed by atoms with Gasteiger partial charge in [-0.2, -0.15) is 0 Å². The van der Waals surface area contributed by atoms with Crippen LogP contribution < -0.4 is 20.1 Å². The third-order valence-electron chi connectivity index (χ3n) is 8.82. The molecule has 0 saturated carbocycles. The number of aryl methyl sites for hydroxylation is 1. The van der Waals surface area contributed by atoms with Crippen molar-refractivity contribution in [2.45, 2.75) is 50.9 Å². The quantitative estimate of drug-likeness (QED) is 0.0745. The van der Waals surface area contributed by atoms with Crippen molar-refractivity contribution in [3.8, 4) is 23.0 Å². The van der Waals surface area contributed by atoms with E-state index in [4.69, 9.17) is 39.7 Å². The lowest BCUT2D eigenvalue weighted by molar-refractivity contribution is -0.154. The molecule has 18 nitrogen and oxygen atoms in total. The van der Waals surface area contributed by atoms with Crippen molar-refractivity contribution in [2.24, 2.45) is 0 Å². The maximum Gasteiger partial charge on any atom is 0.273 e. The van der Waals surface area contributed by atoms with Crippen LogP contribution in [0.15, 0.2) is 53.3 Å². The number of hydrogen-bond acceptors (Lipinski definition) is 15. The number of fused-ring (bicyclic) bond motifs is 1. The van der Waals surface area contributed by atoms with Gasteiger partial charge in [-0.25, -0.2) is 9.88 Å². The van der Waals surface area contributed by atoms with Crippen LogP contribution in [0.3, 0.4) is 0 Å². The Morgan fingerprint density at radius 3 is 2.58 bits per heavy atom. The molecule has 55 heavy (non-hydrogen) atoms. The van der Waals surface area contributed by atoms with Crippen molar-refractivity contribution in [3.63, 3.8) is 0 Å². The zero-order chi connectivity index (χ0) is 38.7. The van der Waals surface area contributed by atoms with Gasteiger partial charge in [0.1, 0.15) is 42.5 Å². The van der Waals surface area contributed by atoms with Crippen LogP contribution in [0.5, 0.6) is 11.5 Å². The molecule has 2 aromatic carbocycles. The highest BCUT2D eigenvalue weighted by molar-refractivity contribution is 6.32. The number of aliphatic hydroxyl groups excluding tert-OH is 2. The van der Waals surface area contributed by atoms with Gasteiger partial charge < -0.3 is 43.6 Å². The van der Waals surface area contributed by atoms with Crippen molar-refractivity contribution in [1.29, 1.82) is 0 Å². The van der Waals surface area contributed by atoms with Crippen LogP contribution in [-0.4, -0.2) is 112 Å². The zero-order valence-electron chi connectivity index (χ0n) is 30.0. The van der Waals surface area contributed by atoms with E-state index in [1.165, 1.54) is 18.3 Å². The molecule has 4 aromatic rings. The second-order valence-corrected chi connectivity index (χ2v) is 12.9. The number of amides is 3. The molecule has 4 N–H and O–H groups in total. The molecule has 0 bridgehead atoms. The first kappa shape index (κ1) is 39.7. The lowest BCUT2D eigenvalue weighted by Crippen LogP contribution is -2.52. The number of aliphatic hydroxyl groups is 2. The third-order valence-corrected chi connectivity index (χ3v) is 9.12. The standard InChI is InChI=1S/C36H42ClN7O11/c1-50-28-8-6-22(18-25(28)37)34-39-26(21-55-34)32(46)38-10-3-11-43-19-23(41-42-43)20-53-15-14-51-12-13-52-16-17-54-29-5-2-4-24-31(29)36(49)44(35(24)48)27-7-9-30(45)40-33(27)47/h2,4-6,8,18-19,21,27,35-36,48-49H,3,7,9-17,20H2,1H3,(H,38,46)(H,40,45,47). The molecule has 1 saturated heterocycles. The normalized spacial score (nSPS) is 18.3. The molecule has 4 heterocycles. The smallest absolute Gasteiger partial charge is 0.273 e. The van der Waals surface area contributed by atoms with E-state index in [9.17, 15) is 24.6 Å². The number of hydrogen-bond donors (Lipinski definition) is 4. The molecule has 2 aromatic heterocycles. The Morgan fingerprint density at radius 2 is 1.82 bits per heavy atom. The van der Waals surface area contributed by atoms with Crippen LogP contribution in [0.1, 0.15) is 59.0 Å². The van der Waals surface area contributed by atoms with E-state index in [0.29, 0.717) is 84.8 Å². The van der Waals surface area contributed by atoms with Crippen molar-refractivity contribution in [1.82, 2.24) is 35.5 Å². The molecule has 3 amide bonds. The molecule has 0 radical (unpaired) electrons. The molecular weight excluding hydrogens is 742 g/mol. The van der Waals surface area contributed by atoms with E-state index in [2.05, 4.69) is 25.9 Å². The molecule has 6 rings (SSSR count). The Morgan fingerprint density at radius 1 is 1.04 bits per heavy atom. The first-order valence-electron chi connectivity index (χ1n) is 17.7. The maximum absolute atomic E-state index is 12.5. The van der Waals surface area contributed by atoms with Crippen molar-refractivity contribution in [2.75, 3.05) is 53.3 Å². The molecule has 3 unspecified atom stereocenters. The summed E-state index contributed by atoms with van der Waals surface area (Å²) in [6.07, 6.45) is 1.50. The zero-order valence-corrected chi connectivity index (χ0v) is 30.8. The van der Waals surface area contributed by atoms with Gasteiger partial charge >= 0.3 is 0 Å². The van der Waals surface area contributed by atoms with Gasteiger partial charge in [-0.3, -0.25) is 24.4 Å². The second-order valence-electron chi connectivity index (χ2n) is 12.5. The number of benzene rings is 2. The maximum atomic E-state index is 12.5. The van der Waals surface area contributed by atoms with Crippen molar-refractivity contribution in [3.05, 3.63) is 76.4 Å². The van der Waals surface area contributed by atoms with Gasteiger partial charge in [0, 0.05) is 36.2 Å². The predicted molar refractivity (Wildman–Crippen MR) is 192 cm³/mol. The van der Waals surface area contributed by atoms with Crippen LogP contribution in [-0.2, 0) is 37.0 Å². The highest BCUT2D eigenvalue weighted by atomic mass is 35.5. The number of aromatic nitrogens is 4. The Hall–Kier alpha value is -4.95. The minimum absolute atomic E-state index is 0.122. The topological polar surface area (TPSA) is 222 Å². The number of methoxy groups -OCH3 is 1. The highest BCUT2D eigenvalue weighted by Gasteiger charge is 2.46. The summed E-state index contributed by atoms with van der Waals surface area (Å²) < 4.78 is 34.9. The van der Waals surface area contributed by atoms with Crippen LogP contribution in [0, 0.1) is 0 Å². The Kier molecular flexibility index (Phi) is 13.8. The number of halogens is 1. The lowest BCUT2D eigenvalue weighted by Gasteiger charge is -2.34. The summed E-state index contributed by atoms with van der Waals surface area (Å²) >= 11 is 6.17. The van der Waals surface area contributed by atoms with E-state index >= 15 is 0 Å². The van der Waals surface area contributed by atoms with Crippen LogP contribution in [0.25, 0.3) is 11.5 Å². The van der Waals surface area contributed by atoms with Crippen molar-refractivity contribution < 1.29 is 52.7 Å². The van der Waals surface area contributed by atoms with Crippen LogP contribution in [0.2, 0.25) is 5.02 Å². The first-order chi connectivity index (χ1) is 26.7. The number of nitrogens with one attached hydrogen (secondary N) is 2. The summed E-state index contributed by atoms with van der Waals surface area (Å²) in [5, 5.41) is 35.6. The molecule has 1 fully saturated rings. The molecule has 19 heteroatoms. The molecular formula is C36H42ClN7O11. The third kappa shape index (κ3) is 10.0. The molecule has 2 aliphatic rings. The summed E-state index contributed by atoms with van der Waals surface area (Å²) in [6, 6.07) is 9.27. The molecule has 0 aliphatic carbocycles. The summed E-state index contributed by atoms with van der Waals surface area (Å²) in [7, 11) is 1.52. The number of piperidine rings is 1. The molecule has 294 valence electrons. The average molecular weight is 784 g/mol. The minimum Gasteiger partial charge on any atom is -0.495 e. The number of rotatable bonds is 20. The first-order valence-corrected chi connectivity index (χ1v) is 18.0. The number of ether oxygens (including phenoxy) is 5. The van der Waals surface area contributed by atoms with E-state index in [0.717, 1.165) is 0 Å². The summed E-state index contributed by atoms with van der Waals surface area (Å²) in [4.78, 5) is 42.0. The van der Waals surface area contributed by atoms with Gasteiger partial charge in [-0.05, 0) is 37.1 Å². The van der Waals surface area contributed by atoms with Crippen LogP contribution in [0.4, 0.5) is 0 Å². The fourth-order valence-corrected chi connectivity index (χ4v) is 6.38. The fourth-order valence-electron chi connectivity index (χ4n) is 6.12. The lowest BCUT2D eigenvalue weighted by atomic mass is 10.0. The van der Waals surface area contributed by atoms with E-state index in [1.54, 1.807) is 47.3 Å². The largest absolute Gasteiger partial charge is 0.495 e. The monoisotopic (exact) mass is 783 g/mol. The van der Waals surface area contributed by atoms with E-state index < -0.39 is 24.4 Å².